The molecule has 0 aliphatic carbocycles. The van der Waals surface area contributed by atoms with E-state index in [1.165, 1.54) is 11.0 Å². The second-order valence-corrected chi connectivity index (χ2v) is 5.93. The lowest BCUT2D eigenvalue weighted by Crippen LogP contribution is -2.19. The molecule has 1 amide bonds. The lowest BCUT2D eigenvalue weighted by Gasteiger charge is -2.17. The molecule has 0 aliphatic heterocycles. The second-order valence-electron chi connectivity index (χ2n) is 5.93. The van der Waals surface area contributed by atoms with E-state index in [4.69, 9.17) is 4.74 Å². The molecular formula is C14H19N5O2. The van der Waals surface area contributed by atoms with Crippen molar-refractivity contribution in [2.45, 2.75) is 27.2 Å². The molecule has 0 spiro atoms. The van der Waals surface area contributed by atoms with Crippen LogP contribution < -0.4 is 10.1 Å². The molecule has 0 aliphatic rings. The minimum Gasteiger partial charge on any atom is -0.494 e. The van der Waals surface area contributed by atoms with E-state index in [1.54, 1.807) is 25.3 Å². The summed E-state index contributed by atoms with van der Waals surface area (Å²) in [6.07, 6.45) is 1.91. The van der Waals surface area contributed by atoms with Gasteiger partial charge in [-0.05, 0) is 34.0 Å². The average molecular weight is 289 g/mol. The summed E-state index contributed by atoms with van der Waals surface area (Å²) in [5.41, 5.74) is 1.28. The summed E-state index contributed by atoms with van der Waals surface area (Å²) >= 11 is 0. The Kier molecular flexibility index (Phi) is 4.21. The monoisotopic (exact) mass is 289 g/mol. The van der Waals surface area contributed by atoms with Crippen molar-refractivity contribution in [2.24, 2.45) is 5.41 Å². The Morgan fingerprint density at radius 2 is 2.14 bits per heavy atom. The summed E-state index contributed by atoms with van der Waals surface area (Å²) in [5, 5.41) is 13.9. The molecule has 0 fully saturated rings. The van der Waals surface area contributed by atoms with Gasteiger partial charge in [-0.25, -0.2) is 0 Å². The molecule has 0 atom stereocenters. The third-order valence-electron chi connectivity index (χ3n) is 2.75. The van der Waals surface area contributed by atoms with Crippen LogP contribution in [-0.2, 0) is 4.79 Å². The van der Waals surface area contributed by atoms with Crippen LogP contribution in [0.5, 0.6) is 5.75 Å². The molecule has 1 N–H and O–H groups in total. The lowest BCUT2D eigenvalue weighted by molar-refractivity contribution is -0.117. The Bertz CT molecular complexity index is 617. The number of tetrazole rings is 1. The highest BCUT2D eigenvalue weighted by atomic mass is 16.5. The van der Waals surface area contributed by atoms with E-state index in [0.29, 0.717) is 23.5 Å². The quantitative estimate of drug-likeness (QED) is 0.931. The fourth-order valence-corrected chi connectivity index (χ4v) is 1.91. The zero-order valence-electron chi connectivity index (χ0n) is 12.6. The van der Waals surface area contributed by atoms with Crippen molar-refractivity contribution in [2.75, 3.05) is 12.4 Å². The number of carbonyl (C=O) groups is 1. The highest BCUT2D eigenvalue weighted by Gasteiger charge is 2.16. The number of benzene rings is 1. The van der Waals surface area contributed by atoms with Gasteiger partial charge in [0.2, 0.25) is 5.91 Å². The zero-order chi connectivity index (χ0) is 15.5. The van der Waals surface area contributed by atoms with Gasteiger partial charge in [-0.3, -0.25) is 4.79 Å². The lowest BCUT2D eigenvalue weighted by atomic mass is 9.92. The highest BCUT2D eigenvalue weighted by molar-refractivity contribution is 5.91. The maximum atomic E-state index is 12.0. The number of aromatic nitrogens is 4. The molecule has 7 nitrogen and oxygen atoms in total. The van der Waals surface area contributed by atoms with E-state index in [-0.39, 0.29) is 11.3 Å². The maximum Gasteiger partial charge on any atom is 0.224 e. The van der Waals surface area contributed by atoms with Crippen molar-refractivity contribution < 1.29 is 9.53 Å². The first-order valence-electron chi connectivity index (χ1n) is 6.60. The van der Waals surface area contributed by atoms with Crippen LogP contribution in [0.3, 0.4) is 0 Å². The van der Waals surface area contributed by atoms with Crippen molar-refractivity contribution in [1.82, 2.24) is 20.2 Å². The Morgan fingerprint density at radius 1 is 1.38 bits per heavy atom. The minimum atomic E-state index is -0.0603. The van der Waals surface area contributed by atoms with Gasteiger partial charge in [0, 0.05) is 12.1 Å². The van der Waals surface area contributed by atoms with Gasteiger partial charge in [0.15, 0.2) is 0 Å². The van der Waals surface area contributed by atoms with Crippen LogP contribution in [0, 0.1) is 5.41 Å². The predicted molar refractivity (Wildman–Crippen MR) is 78.4 cm³/mol. The fraction of sp³-hybridized carbons (Fsp3) is 0.429. The average Bonchev–Trinajstić information content (AvgIpc) is 2.90. The molecule has 2 aromatic rings. The number of nitrogens with zero attached hydrogens (tertiary/aromatic N) is 4. The largest absolute Gasteiger partial charge is 0.494 e. The summed E-state index contributed by atoms with van der Waals surface area (Å²) < 4.78 is 6.76. The van der Waals surface area contributed by atoms with Crippen LogP contribution >= 0.6 is 0 Å². The molecule has 21 heavy (non-hydrogen) atoms. The van der Waals surface area contributed by atoms with Crippen molar-refractivity contribution in [3.63, 3.8) is 0 Å². The number of anilines is 1. The standard InChI is InChI=1S/C14H19N5O2/c1-14(2,3)8-13(20)16-10-5-6-12(21-4)11(7-10)19-9-15-17-18-19/h5-7,9H,8H2,1-4H3,(H,16,20). The fourth-order valence-electron chi connectivity index (χ4n) is 1.91. The third-order valence-corrected chi connectivity index (χ3v) is 2.75. The van der Waals surface area contributed by atoms with E-state index in [0.717, 1.165) is 0 Å². The van der Waals surface area contributed by atoms with E-state index < -0.39 is 0 Å². The van der Waals surface area contributed by atoms with E-state index in [1.807, 2.05) is 20.8 Å². The van der Waals surface area contributed by atoms with Gasteiger partial charge in [0.05, 0.1) is 7.11 Å². The number of ether oxygens (including phenoxy) is 1. The minimum absolute atomic E-state index is 0.0321. The Balaban J connectivity index is 2.23. The zero-order valence-corrected chi connectivity index (χ0v) is 12.6. The van der Waals surface area contributed by atoms with Gasteiger partial charge in [-0.15, -0.1) is 5.10 Å². The van der Waals surface area contributed by atoms with E-state index >= 15 is 0 Å². The number of methoxy groups -OCH3 is 1. The normalized spacial score (nSPS) is 11.2. The number of carbonyl (C=O) groups excluding carboxylic acids is 1. The van der Waals surface area contributed by atoms with Gasteiger partial charge in [-0.2, -0.15) is 4.68 Å². The Labute approximate surface area is 123 Å². The maximum absolute atomic E-state index is 12.0. The number of rotatable bonds is 4. The molecule has 2 rings (SSSR count). The molecular weight excluding hydrogens is 270 g/mol. The topological polar surface area (TPSA) is 81.9 Å². The van der Waals surface area contributed by atoms with Crippen LogP contribution in [0.1, 0.15) is 27.2 Å². The first-order valence-corrected chi connectivity index (χ1v) is 6.60. The van der Waals surface area contributed by atoms with Gasteiger partial charge < -0.3 is 10.1 Å². The number of hydrogen-bond donors (Lipinski definition) is 1. The number of hydrogen-bond acceptors (Lipinski definition) is 5. The molecule has 0 unspecified atom stereocenters. The molecule has 0 radical (unpaired) electrons. The predicted octanol–water partition coefficient (Wildman–Crippen LogP) is 2.05. The molecule has 0 bridgehead atoms. The second kappa shape index (κ2) is 5.90. The van der Waals surface area contributed by atoms with Crippen LogP contribution in [0.4, 0.5) is 5.69 Å². The summed E-state index contributed by atoms with van der Waals surface area (Å²) in [4.78, 5) is 12.0. The van der Waals surface area contributed by atoms with Gasteiger partial charge >= 0.3 is 0 Å². The Hall–Kier alpha value is -2.44. The first-order chi connectivity index (χ1) is 9.89. The van der Waals surface area contributed by atoms with Crippen molar-refractivity contribution in [3.8, 4) is 11.4 Å². The molecule has 1 heterocycles. The van der Waals surface area contributed by atoms with Crippen molar-refractivity contribution >= 4 is 11.6 Å². The first kappa shape index (κ1) is 15.0. The summed E-state index contributed by atoms with van der Waals surface area (Å²) in [6.45, 7) is 6.06. The van der Waals surface area contributed by atoms with Gasteiger partial charge in [0.1, 0.15) is 17.8 Å². The van der Waals surface area contributed by atoms with E-state index in [9.17, 15) is 4.79 Å². The molecule has 1 aromatic carbocycles. The van der Waals surface area contributed by atoms with Crippen molar-refractivity contribution in [3.05, 3.63) is 24.5 Å². The number of nitrogens with one attached hydrogen (secondary N) is 1. The van der Waals surface area contributed by atoms with E-state index in [2.05, 4.69) is 20.8 Å². The molecule has 1 aromatic heterocycles. The van der Waals surface area contributed by atoms with Gasteiger partial charge in [-0.1, -0.05) is 20.8 Å². The summed E-state index contributed by atoms with van der Waals surface area (Å²) in [7, 11) is 1.57. The van der Waals surface area contributed by atoms with Crippen molar-refractivity contribution in [1.29, 1.82) is 0 Å². The molecule has 0 saturated heterocycles. The van der Waals surface area contributed by atoms with Crippen LogP contribution in [0.25, 0.3) is 5.69 Å². The highest BCUT2D eigenvalue weighted by Crippen LogP contribution is 2.26. The van der Waals surface area contributed by atoms with Crippen LogP contribution in [0.2, 0.25) is 0 Å². The third kappa shape index (κ3) is 4.01. The molecule has 7 heteroatoms. The summed E-state index contributed by atoms with van der Waals surface area (Å²) in [5.74, 6) is 0.589. The number of amides is 1. The smallest absolute Gasteiger partial charge is 0.224 e. The van der Waals surface area contributed by atoms with Crippen LogP contribution in [0.15, 0.2) is 24.5 Å². The summed E-state index contributed by atoms with van der Waals surface area (Å²) in [6, 6.07) is 5.33. The van der Waals surface area contributed by atoms with Gasteiger partial charge in [0.25, 0.3) is 0 Å². The Morgan fingerprint density at radius 3 is 2.71 bits per heavy atom. The van der Waals surface area contributed by atoms with Crippen LogP contribution in [-0.4, -0.2) is 33.2 Å². The molecule has 0 saturated carbocycles. The SMILES string of the molecule is COc1ccc(NC(=O)CC(C)(C)C)cc1-n1cnnn1. The molecule has 112 valence electrons.